The molecule has 3 aromatic rings. The van der Waals surface area contributed by atoms with Crippen molar-refractivity contribution in [1.82, 2.24) is 0 Å². The van der Waals surface area contributed by atoms with E-state index in [1.807, 2.05) is 0 Å². The Morgan fingerprint density at radius 1 is 1.07 bits per heavy atom. The van der Waals surface area contributed by atoms with Crippen LogP contribution in [0.3, 0.4) is 0 Å². The highest BCUT2D eigenvalue weighted by Crippen LogP contribution is 2.30. The standard InChI is InChI=1S/C21H12Cl2N2O4/c22-16-6-3-7-17(19(16)23)25-20(26)12(11-24)10-13-8-9-18(29-13)14-4-1-2-5-15(14)21(27)28/h1-10H,(H,25,26)(H,27,28)/b12-10-. The molecule has 29 heavy (non-hydrogen) atoms. The van der Waals surface area contributed by atoms with E-state index in [0.717, 1.165) is 0 Å². The van der Waals surface area contributed by atoms with Crippen LogP contribution in [0.25, 0.3) is 17.4 Å². The first kappa shape index (κ1) is 20.2. The molecule has 0 saturated carbocycles. The molecule has 6 nitrogen and oxygen atoms in total. The number of benzene rings is 2. The Labute approximate surface area is 175 Å². The number of furan rings is 1. The Hall–Kier alpha value is -3.53. The number of carboxylic acids is 1. The maximum absolute atomic E-state index is 12.4. The predicted octanol–water partition coefficient (Wildman–Crippen LogP) is 5.50. The molecule has 0 atom stereocenters. The molecule has 0 aliphatic carbocycles. The fraction of sp³-hybridized carbons (Fsp3) is 0. The van der Waals surface area contributed by atoms with Crippen LogP contribution in [0.4, 0.5) is 5.69 Å². The first-order chi connectivity index (χ1) is 13.9. The average Bonchev–Trinajstić information content (AvgIpc) is 3.18. The highest BCUT2D eigenvalue weighted by Gasteiger charge is 2.16. The van der Waals surface area contributed by atoms with E-state index in [-0.39, 0.29) is 32.6 Å². The highest BCUT2D eigenvalue weighted by molar-refractivity contribution is 6.44. The minimum Gasteiger partial charge on any atom is -0.478 e. The van der Waals surface area contributed by atoms with Crippen molar-refractivity contribution < 1.29 is 19.1 Å². The summed E-state index contributed by atoms with van der Waals surface area (Å²) in [5, 5.41) is 21.6. The van der Waals surface area contributed by atoms with Crippen LogP contribution < -0.4 is 5.32 Å². The fourth-order valence-electron chi connectivity index (χ4n) is 2.54. The molecule has 0 bridgehead atoms. The lowest BCUT2D eigenvalue weighted by Crippen LogP contribution is -2.13. The molecule has 144 valence electrons. The van der Waals surface area contributed by atoms with Crippen molar-refractivity contribution >= 4 is 46.8 Å². The van der Waals surface area contributed by atoms with E-state index >= 15 is 0 Å². The van der Waals surface area contributed by atoms with E-state index in [1.54, 1.807) is 48.5 Å². The summed E-state index contributed by atoms with van der Waals surface area (Å²) in [5.74, 6) is -1.28. The van der Waals surface area contributed by atoms with E-state index in [0.29, 0.717) is 11.3 Å². The van der Waals surface area contributed by atoms with Gasteiger partial charge in [-0.05, 0) is 30.3 Å². The Morgan fingerprint density at radius 2 is 1.83 bits per heavy atom. The third-order valence-electron chi connectivity index (χ3n) is 3.90. The number of halogens is 2. The molecule has 0 unspecified atom stereocenters. The molecule has 2 aromatic carbocycles. The van der Waals surface area contributed by atoms with Gasteiger partial charge in [-0.1, -0.05) is 47.5 Å². The van der Waals surface area contributed by atoms with Crippen LogP contribution in [0, 0.1) is 11.3 Å². The minimum absolute atomic E-state index is 0.0752. The van der Waals surface area contributed by atoms with Crippen molar-refractivity contribution in [3.8, 4) is 17.4 Å². The summed E-state index contributed by atoms with van der Waals surface area (Å²) >= 11 is 12.0. The van der Waals surface area contributed by atoms with Crippen LogP contribution in [0.1, 0.15) is 16.1 Å². The maximum atomic E-state index is 12.4. The van der Waals surface area contributed by atoms with Crippen molar-refractivity contribution in [2.45, 2.75) is 0 Å². The van der Waals surface area contributed by atoms with Crippen LogP contribution in [0.5, 0.6) is 0 Å². The zero-order valence-electron chi connectivity index (χ0n) is 14.6. The molecule has 0 spiro atoms. The third kappa shape index (κ3) is 4.49. The molecule has 8 heteroatoms. The number of amides is 1. The van der Waals surface area contributed by atoms with E-state index in [9.17, 15) is 20.0 Å². The number of nitriles is 1. The minimum atomic E-state index is -1.09. The lowest BCUT2D eigenvalue weighted by molar-refractivity contribution is -0.112. The molecule has 0 saturated heterocycles. The number of nitrogens with one attached hydrogen (secondary N) is 1. The molecule has 0 radical (unpaired) electrons. The predicted molar refractivity (Wildman–Crippen MR) is 110 cm³/mol. The molecule has 2 N–H and O–H groups in total. The first-order valence-electron chi connectivity index (χ1n) is 8.20. The molecule has 0 aliphatic heterocycles. The Balaban J connectivity index is 1.88. The van der Waals surface area contributed by atoms with Gasteiger partial charge in [-0.3, -0.25) is 4.79 Å². The Morgan fingerprint density at radius 3 is 2.55 bits per heavy atom. The number of carbonyl (C=O) groups excluding carboxylic acids is 1. The quantitative estimate of drug-likeness (QED) is 0.414. The van der Waals surface area contributed by atoms with Crippen molar-refractivity contribution in [2.24, 2.45) is 0 Å². The number of hydrogen-bond donors (Lipinski definition) is 2. The zero-order valence-corrected chi connectivity index (χ0v) is 16.2. The molecular formula is C21H12Cl2N2O4. The second kappa shape index (κ2) is 8.65. The molecule has 3 rings (SSSR count). The maximum Gasteiger partial charge on any atom is 0.336 e. The highest BCUT2D eigenvalue weighted by atomic mass is 35.5. The van der Waals surface area contributed by atoms with Gasteiger partial charge in [0.2, 0.25) is 0 Å². The van der Waals surface area contributed by atoms with Gasteiger partial charge in [-0.2, -0.15) is 5.26 Å². The summed E-state index contributed by atoms with van der Waals surface area (Å²) in [4.78, 5) is 23.8. The van der Waals surface area contributed by atoms with Gasteiger partial charge in [0.25, 0.3) is 5.91 Å². The Bertz CT molecular complexity index is 1180. The monoisotopic (exact) mass is 426 g/mol. The van der Waals surface area contributed by atoms with Crippen LogP contribution in [0.15, 0.2) is 64.6 Å². The number of nitrogens with zero attached hydrogens (tertiary/aromatic N) is 1. The van der Waals surface area contributed by atoms with Crippen LogP contribution in [-0.4, -0.2) is 17.0 Å². The zero-order chi connectivity index (χ0) is 21.0. The lowest BCUT2D eigenvalue weighted by atomic mass is 10.1. The molecule has 1 heterocycles. The lowest BCUT2D eigenvalue weighted by Gasteiger charge is -2.07. The molecule has 0 fully saturated rings. The largest absolute Gasteiger partial charge is 0.478 e. The Kier molecular flexibility index (Phi) is 6.03. The van der Waals surface area contributed by atoms with E-state index in [1.165, 1.54) is 18.2 Å². The SMILES string of the molecule is N#C/C(=C/c1ccc(-c2ccccc2C(=O)O)o1)C(=O)Nc1cccc(Cl)c1Cl. The first-order valence-corrected chi connectivity index (χ1v) is 8.96. The fourth-order valence-corrected chi connectivity index (χ4v) is 2.89. The second-order valence-electron chi connectivity index (χ2n) is 5.78. The summed E-state index contributed by atoms with van der Waals surface area (Å²) in [6, 6.07) is 16.0. The van der Waals surface area contributed by atoms with Crippen molar-refractivity contribution in [3.63, 3.8) is 0 Å². The molecular weight excluding hydrogens is 415 g/mol. The number of rotatable bonds is 5. The number of carboxylic acid groups (broad SMARTS) is 1. The van der Waals surface area contributed by atoms with Gasteiger partial charge in [0, 0.05) is 11.6 Å². The number of anilines is 1. The number of carbonyl (C=O) groups is 2. The van der Waals surface area contributed by atoms with Gasteiger partial charge < -0.3 is 14.8 Å². The number of hydrogen-bond acceptors (Lipinski definition) is 4. The molecule has 1 aromatic heterocycles. The van der Waals surface area contributed by atoms with E-state index in [2.05, 4.69) is 5.32 Å². The summed E-state index contributed by atoms with van der Waals surface area (Å²) in [6.45, 7) is 0. The van der Waals surface area contributed by atoms with Crippen molar-refractivity contribution in [3.05, 3.63) is 81.5 Å². The average molecular weight is 427 g/mol. The topological polar surface area (TPSA) is 103 Å². The second-order valence-corrected chi connectivity index (χ2v) is 6.56. The normalized spacial score (nSPS) is 11.0. The summed E-state index contributed by atoms with van der Waals surface area (Å²) in [7, 11) is 0. The molecule has 0 aliphatic rings. The van der Waals surface area contributed by atoms with Gasteiger partial charge in [0.1, 0.15) is 23.2 Å². The van der Waals surface area contributed by atoms with Crippen molar-refractivity contribution in [2.75, 3.05) is 5.32 Å². The summed E-state index contributed by atoms with van der Waals surface area (Å²) in [5.41, 5.74) is 0.494. The van der Waals surface area contributed by atoms with Gasteiger partial charge >= 0.3 is 5.97 Å². The van der Waals surface area contributed by atoms with Gasteiger partial charge in [-0.15, -0.1) is 0 Å². The van der Waals surface area contributed by atoms with Crippen LogP contribution >= 0.6 is 23.2 Å². The molecule has 1 amide bonds. The summed E-state index contributed by atoms with van der Waals surface area (Å²) < 4.78 is 5.62. The van der Waals surface area contributed by atoms with Crippen LogP contribution in [0.2, 0.25) is 10.0 Å². The van der Waals surface area contributed by atoms with Crippen LogP contribution in [-0.2, 0) is 4.79 Å². The van der Waals surface area contributed by atoms with Gasteiger partial charge in [-0.25, -0.2) is 4.79 Å². The third-order valence-corrected chi connectivity index (χ3v) is 4.72. The summed E-state index contributed by atoms with van der Waals surface area (Å²) in [6.07, 6.45) is 1.25. The smallest absolute Gasteiger partial charge is 0.336 e. The van der Waals surface area contributed by atoms with Crippen molar-refractivity contribution in [1.29, 1.82) is 5.26 Å². The number of aromatic carboxylic acids is 1. The van der Waals surface area contributed by atoms with Gasteiger partial charge in [0.15, 0.2) is 0 Å². The van der Waals surface area contributed by atoms with E-state index in [4.69, 9.17) is 27.6 Å². The van der Waals surface area contributed by atoms with E-state index < -0.39 is 11.9 Å². The van der Waals surface area contributed by atoms with Gasteiger partial charge in [0.05, 0.1) is 21.3 Å².